The molecule has 2 saturated heterocycles. The van der Waals surface area contributed by atoms with Crippen LogP contribution in [0.1, 0.15) is 19.3 Å². The summed E-state index contributed by atoms with van der Waals surface area (Å²) >= 11 is 3.25. The summed E-state index contributed by atoms with van der Waals surface area (Å²) < 4.78 is 14.6. The number of likely N-dealkylation sites (tertiary alicyclic amines) is 1. The molecular formula is C15H19BrFN3. The van der Waals surface area contributed by atoms with E-state index in [0.717, 1.165) is 24.9 Å². The molecule has 108 valence electrons. The summed E-state index contributed by atoms with van der Waals surface area (Å²) in [6.45, 7) is 4.37. The van der Waals surface area contributed by atoms with Gasteiger partial charge in [0.2, 0.25) is 0 Å². The lowest BCUT2D eigenvalue weighted by molar-refractivity contribution is 0.189. The first-order valence-electron chi connectivity index (χ1n) is 7.51. The summed E-state index contributed by atoms with van der Waals surface area (Å²) in [5.74, 6) is 2.15. The van der Waals surface area contributed by atoms with E-state index in [4.69, 9.17) is 0 Å². The minimum absolute atomic E-state index is 0.226. The predicted octanol–water partition coefficient (Wildman–Crippen LogP) is 2.90. The van der Waals surface area contributed by atoms with Gasteiger partial charge >= 0.3 is 0 Å². The summed E-state index contributed by atoms with van der Waals surface area (Å²) in [7, 11) is 0. The molecule has 5 heteroatoms. The molecule has 0 bridgehead atoms. The fourth-order valence-electron chi connectivity index (χ4n) is 4.07. The smallest absolute Gasteiger partial charge is 0.166 e. The molecule has 20 heavy (non-hydrogen) atoms. The van der Waals surface area contributed by atoms with Crippen molar-refractivity contribution in [2.45, 2.75) is 25.3 Å². The first-order chi connectivity index (χ1) is 9.70. The quantitative estimate of drug-likeness (QED) is 0.825. The summed E-state index contributed by atoms with van der Waals surface area (Å²) in [6.07, 6.45) is 5.93. The molecule has 1 aliphatic carbocycles. The van der Waals surface area contributed by atoms with Crippen LogP contribution >= 0.6 is 15.9 Å². The van der Waals surface area contributed by atoms with Crippen molar-refractivity contribution in [3.63, 3.8) is 0 Å². The van der Waals surface area contributed by atoms with E-state index >= 15 is 0 Å². The Bertz CT molecular complexity index is 506. The molecule has 2 atom stereocenters. The average molecular weight is 340 g/mol. The van der Waals surface area contributed by atoms with Crippen molar-refractivity contribution in [3.05, 3.63) is 22.6 Å². The first kappa shape index (κ1) is 13.0. The number of rotatable bonds is 2. The fourth-order valence-corrected chi connectivity index (χ4v) is 4.37. The van der Waals surface area contributed by atoms with Crippen molar-refractivity contribution in [3.8, 4) is 0 Å². The number of hydrogen-bond acceptors (Lipinski definition) is 3. The molecule has 1 aromatic heterocycles. The predicted molar refractivity (Wildman–Crippen MR) is 80.3 cm³/mol. The molecule has 3 heterocycles. The number of hydrogen-bond donors (Lipinski definition) is 0. The van der Waals surface area contributed by atoms with E-state index in [9.17, 15) is 4.39 Å². The molecule has 0 N–H and O–H groups in total. The van der Waals surface area contributed by atoms with Gasteiger partial charge in [-0.2, -0.15) is 0 Å². The van der Waals surface area contributed by atoms with Gasteiger partial charge in [-0.15, -0.1) is 0 Å². The molecule has 0 amide bonds. The zero-order valence-corrected chi connectivity index (χ0v) is 13.0. The van der Waals surface area contributed by atoms with Crippen LogP contribution in [0.5, 0.6) is 0 Å². The van der Waals surface area contributed by atoms with Gasteiger partial charge in [-0.1, -0.05) is 6.42 Å². The number of anilines is 1. The van der Waals surface area contributed by atoms with E-state index in [1.807, 2.05) is 0 Å². The zero-order valence-electron chi connectivity index (χ0n) is 11.4. The molecule has 3 nitrogen and oxygen atoms in total. The number of fused-ring (bicyclic) bond motifs is 1. The molecule has 2 aliphatic heterocycles. The molecule has 0 aromatic carbocycles. The standard InChI is InChI=1S/C15H19BrFN3/c16-12-4-14(17)15(18-5-12)20-8-13(9-20)19-6-10-2-1-3-11(10)7-19/h4-5,10-11,13H,1-3,6-9H2. The Balaban J connectivity index is 1.38. The Morgan fingerprint density at radius 1 is 1.15 bits per heavy atom. The van der Waals surface area contributed by atoms with Gasteiger partial charge in [0.15, 0.2) is 11.6 Å². The summed E-state index contributed by atoms with van der Waals surface area (Å²) in [4.78, 5) is 8.89. The number of aromatic nitrogens is 1. The van der Waals surface area contributed by atoms with E-state index in [0.29, 0.717) is 16.3 Å². The highest BCUT2D eigenvalue weighted by Crippen LogP contribution is 2.39. The Morgan fingerprint density at radius 3 is 2.50 bits per heavy atom. The summed E-state index contributed by atoms with van der Waals surface area (Å²) in [5, 5.41) is 0. The van der Waals surface area contributed by atoms with Gasteiger partial charge in [0.1, 0.15) is 0 Å². The Hall–Kier alpha value is -0.680. The highest BCUT2D eigenvalue weighted by Gasteiger charge is 2.42. The van der Waals surface area contributed by atoms with Crippen LogP contribution in [0.15, 0.2) is 16.7 Å². The van der Waals surface area contributed by atoms with E-state index in [1.165, 1.54) is 38.4 Å². The van der Waals surface area contributed by atoms with Crippen LogP contribution < -0.4 is 4.90 Å². The van der Waals surface area contributed by atoms with Gasteiger partial charge in [0.05, 0.1) is 0 Å². The monoisotopic (exact) mass is 339 g/mol. The second-order valence-corrected chi connectivity index (χ2v) is 7.34. The van der Waals surface area contributed by atoms with Crippen molar-refractivity contribution in [2.75, 3.05) is 31.1 Å². The summed E-state index contributed by atoms with van der Waals surface area (Å²) in [5.41, 5.74) is 0. The van der Waals surface area contributed by atoms with Gasteiger partial charge in [0.25, 0.3) is 0 Å². The fraction of sp³-hybridized carbons (Fsp3) is 0.667. The second-order valence-electron chi connectivity index (χ2n) is 6.42. The third kappa shape index (κ3) is 2.15. The lowest BCUT2D eigenvalue weighted by Crippen LogP contribution is -2.59. The maximum Gasteiger partial charge on any atom is 0.166 e. The molecule has 4 rings (SSSR count). The van der Waals surface area contributed by atoms with Gasteiger partial charge in [-0.3, -0.25) is 4.90 Å². The normalized spacial score (nSPS) is 30.6. The number of pyridine rings is 1. The molecule has 3 aliphatic rings. The minimum atomic E-state index is -0.226. The van der Waals surface area contributed by atoms with Crippen molar-refractivity contribution in [2.24, 2.45) is 11.8 Å². The Morgan fingerprint density at radius 2 is 1.85 bits per heavy atom. The minimum Gasteiger partial charge on any atom is -0.351 e. The van der Waals surface area contributed by atoms with Crippen LogP contribution in [0.3, 0.4) is 0 Å². The molecular weight excluding hydrogens is 321 g/mol. The molecule has 3 fully saturated rings. The van der Waals surface area contributed by atoms with Crippen LogP contribution in [0.2, 0.25) is 0 Å². The van der Waals surface area contributed by atoms with Crippen LogP contribution in [0.4, 0.5) is 10.2 Å². The van der Waals surface area contributed by atoms with Crippen LogP contribution in [-0.4, -0.2) is 42.1 Å². The van der Waals surface area contributed by atoms with E-state index in [1.54, 1.807) is 6.20 Å². The molecule has 1 aromatic rings. The lowest BCUT2D eigenvalue weighted by Gasteiger charge is -2.45. The van der Waals surface area contributed by atoms with E-state index in [2.05, 4.69) is 30.7 Å². The Kier molecular flexibility index (Phi) is 3.22. The lowest BCUT2D eigenvalue weighted by atomic mass is 10.0. The zero-order chi connectivity index (χ0) is 13.7. The van der Waals surface area contributed by atoms with Gasteiger partial charge in [-0.25, -0.2) is 9.37 Å². The molecule has 0 radical (unpaired) electrons. The maximum absolute atomic E-state index is 13.9. The molecule has 2 unspecified atom stereocenters. The maximum atomic E-state index is 13.9. The number of nitrogens with zero attached hydrogens (tertiary/aromatic N) is 3. The summed E-state index contributed by atoms with van der Waals surface area (Å²) in [6, 6.07) is 2.10. The third-order valence-electron chi connectivity index (χ3n) is 5.22. The van der Waals surface area contributed by atoms with Crippen LogP contribution in [-0.2, 0) is 0 Å². The van der Waals surface area contributed by atoms with Crippen molar-refractivity contribution in [1.29, 1.82) is 0 Å². The second kappa shape index (κ2) is 4.95. The van der Waals surface area contributed by atoms with Crippen molar-refractivity contribution >= 4 is 21.7 Å². The third-order valence-corrected chi connectivity index (χ3v) is 5.65. The number of halogens is 2. The van der Waals surface area contributed by atoms with Crippen molar-refractivity contribution < 1.29 is 4.39 Å². The van der Waals surface area contributed by atoms with E-state index in [-0.39, 0.29) is 5.82 Å². The highest BCUT2D eigenvalue weighted by atomic mass is 79.9. The molecule has 1 saturated carbocycles. The van der Waals surface area contributed by atoms with Gasteiger partial charge < -0.3 is 4.90 Å². The van der Waals surface area contributed by atoms with Crippen molar-refractivity contribution in [1.82, 2.24) is 9.88 Å². The topological polar surface area (TPSA) is 19.4 Å². The highest BCUT2D eigenvalue weighted by molar-refractivity contribution is 9.10. The van der Waals surface area contributed by atoms with Crippen LogP contribution in [0, 0.1) is 17.7 Å². The average Bonchev–Trinajstić information content (AvgIpc) is 2.90. The van der Waals surface area contributed by atoms with Crippen LogP contribution in [0.25, 0.3) is 0 Å². The molecule has 0 spiro atoms. The largest absolute Gasteiger partial charge is 0.351 e. The van der Waals surface area contributed by atoms with Gasteiger partial charge in [0, 0.05) is 42.9 Å². The first-order valence-corrected chi connectivity index (χ1v) is 8.30. The Labute approximate surface area is 127 Å². The van der Waals surface area contributed by atoms with Gasteiger partial charge in [-0.05, 0) is 46.7 Å². The SMILES string of the molecule is Fc1cc(Br)cnc1N1CC(N2CC3CCCC3C2)C1. The van der Waals surface area contributed by atoms with E-state index < -0.39 is 0 Å².